The quantitative estimate of drug-likeness (QED) is 0.572. The van der Waals surface area contributed by atoms with Crippen LogP contribution in [0.2, 0.25) is 0 Å². The first kappa shape index (κ1) is 21.2. The Labute approximate surface area is 178 Å². The maximum Gasteiger partial charge on any atom is 0.433 e. The van der Waals surface area contributed by atoms with Gasteiger partial charge in [0.1, 0.15) is 5.69 Å². The van der Waals surface area contributed by atoms with Crippen LogP contribution in [-0.4, -0.2) is 16.9 Å². The summed E-state index contributed by atoms with van der Waals surface area (Å²) in [5.41, 5.74) is 8.09. The standard InChI is InChI=1S/C24H24F3N3O/c1-14-5-7-16(8-6-14)23(31)29-17-11-9-15(10-12-17)18-3-2-4-20-22(18)19(28)13-21(30-20)24(25,26)27/h2-8,13,15,17H,9-12H2,1H3,(H2,28,30)(H,29,31). The molecule has 1 fully saturated rings. The number of aromatic nitrogens is 1. The Morgan fingerprint density at radius 2 is 1.74 bits per heavy atom. The molecule has 2 aromatic carbocycles. The van der Waals surface area contributed by atoms with Gasteiger partial charge in [0.2, 0.25) is 0 Å². The SMILES string of the molecule is Cc1ccc(C(=O)NC2CCC(c3cccc4nc(C(F)(F)F)cc(N)c34)CC2)cc1. The highest BCUT2D eigenvalue weighted by molar-refractivity contribution is 5.95. The van der Waals surface area contributed by atoms with Gasteiger partial charge in [-0.3, -0.25) is 4.79 Å². The molecule has 3 N–H and O–H groups in total. The van der Waals surface area contributed by atoms with Gasteiger partial charge in [0.15, 0.2) is 0 Å². The van der Waals surface area contributed by atoms with Crippen LogP contribution in [0.3, 0.4) is 0 Å². The van der Waals surface area contributed by atoms with Crippen LogP contribution < -0.4 is 11.1 Å². The Kier molecular flexibility index (Phi) is 5.60. The summed E-state index contributed by atoms with van der Waals surface area (Å²) in [5.74, 6) is 0.0822. The number of aryl methyl sites for hydroxylation is 1. The van der Waals surface area contributed by atoms with Crippen molar-refractivity contribution in [2.45, 2.75) is 50.7 Å². The number of nitrogens with one attached hydrogen (secondary N) is 1. The second-order valence-electron chi connectivity index (χ2n) is 8.22. The van der Waals surface area contributed by atoms with Crippen molar-refractivity contribution in [3.05, 3.63) is 70.9 Å². The number of amides is 1. The molecule has 31 heavy (non-hydrogen) atoms. The minimum atomic E-state index is -4.54. The van der Waals surface area contributed by atoms with E-state index in [1.165, 1.54) is 0 Å². The molecule has 1 heterocycles. The van der Waals surface area contributed by atoms with E-state index in [0.29, 0.717) is 10.9 Å². The highest BCUT2D eigenvalue weighted by atomic mass is 19.4. The van der Waals surface area contributed by atoms with E-state index in [0.717, 1.165) is 42.9 Å². The summed E-state index contributed by atoms with van der Waals surface area (Å²) in [6, 6.07) is 13.7. The second-order valence-corrected chi connectivity index (χ2v) is 8.22. The predicted octanol–water partition coefficient (Wildman–Crippen LogP) is 5.60. The summed E-state index contributed by atoms with van der Waals surface area (Å²) in [7, 11) is 0. The molecule has 1 aliphatic rings. The molecule has 0 spiro atoms. The number of hydrogen-bond donors (Lipinski definition) is 2. The van der Waals surface area contributed by atoms with E-state index in [2.05, 4.69) is 10.3 Å². The van der Waals surface area contributed by atoms with Crippen molar-refractivity contribution in [3.63, 3.8) is 0 Å². The minimum Gasteiger partial charge on any atom is -0.398 e. The third-order valence-electron chi connectivity index (χ3n) is 6.00. The summed E-state index contributed by atoms with van der Waals surface area (Å²) < 4.78 is 39.3. The van der Waals surface area contributed by atoms with Crippen LogP contribution in [0.25, 0.3) is 10.9 Å². The fraction of sp³-hybridized carbons (Fsp3) is 0.333. The number of pyridine rings is 1. The van der Waals surface area contributed by atoms with E-state index in [9.17, 15) is 18.0 Å². The lowest BCUT2D eigenvalue weighted by molar-refractivity contribution is -0.140. The van der Waals surface area contributed by atoms with Gasteiger partial charge in [0.05, 0.1) is 5.52 Å². The predicted molar refractivity (Wildman–Crippen MR) is 115 cm³/mol. The van der Waals surface area contributed by atoms with Crippen molar-refractivity contribution >= 4 is 22.5 Å². The van der Waals surface area contributed by atoms with Gasteiger partial charge < -0.3 is 11.1 Å². The topological polar surface area (TPSA) is 68.0 Å². The van der Waals surface area contributed by atoms with Crippen molar-refractivity contribution in [1.82, 2.24) is 10.3 Å². The van der Waals surface area contributed by atoms with Gasteiger partial charge in [-0.15, -0.1) is 0 Å². The van der Waals surface area contributed by atoms with E-state index in [1.54, 1.807) is 12.1 Å². The number of nitrogens with two attached hydrogens (primary N) is 1. The average Bonchev–Trinajstić information content (AvgIpc) is 2.73. The van der Waals surface area contributed by atoms with E-state index in [4.69, 9.17) is 5.73 Å². The van der Waals surface area contributed by atoms with E-state index in [-0.39, 0.29) is 29.1 Å². The molecule has 0 saturated heterocycles. The molecule has 4 rings (SSSR count). The van der Waals surface area contributed by atoms with Crippen molar-refractivity contribution < 1.29 is 18.0 Å². The largest absolute Gasteiger partial charge is 0.433 e. The van der Waals surface area contributed by atoms with Crippen molar-refractivity contribution in [2.75, 3.05) is 5.73 Å². The van der Waals surface area contributed by atoms with Gasteiger partial charge >= 0.3 is 6.18 Å². The van der Waals surface area contributed by atoms with Crippen LogP contribution in [0.15, 0.2) is 48.5 Å². The smallest absolute Gasteiger partial charge is 0.398 e. The lowest BCUT2D eigenvalue weighted by Gasteiger charge is -2.30. The van der Waals surface area contributed by atoms with Gasteiger partial charge in [0, 0.05) is 22.7 Å². The summed E-state index contributed by atoms with van der Waals surface area (Å²) in [6.07, 6.45) is -1.30. The first-order valence-electron chi connectivity index (χ1n) is 10.4. The molecule has 0 atom stereocenters. The van der Waals surface area contributed by atoms with Crippen LogP contribution in [0, 0.1) is 6.92 Å². The Morgan fingerprint density at radius 3 is 2.39 bits per heavy atom. The summed E-state index contributed by atoms with van der Waals surface area (Å²) in [5, 5.41) is 3.70. The van der Waals surface area contributed by atoms with Gasteiger partial charge in [-0.25, -0.2) is 4.98 Å². The molecule has 0 unspecified atom stereocenters. The zero-order valence-electron chi connectivity index (χ0n) is 17.2. The Morgan fingerprint density at radius 1 is 1.06 bits per heavy atom. The lowest BCUT2D eigenvalue weighted by Crippen LogP contribution is -2.37. The van der Waals surface area contributed by atoms with E-state index < -0.39 is 11.9 Å². The van der Waals surface area contributed by atoms with Crippen LogP contribution in [-0.2, 0) is 6.18 Å². The zero-order valence-corrected chi connectivity index (χ0v) is 17.2. The number of carbonyl (C=O) groups is 1. The number of nitrogen functional groups attached to an aromatic ring is 1. The minimum absolute atomic E-state index is 0.0762. The second kappa shape index (κ2) is 8.21. The number of carbonyl (C=O) groups excluding carboxylic acids is 1. The normalized spacial score (nSPS) is 19.4. The van der Waals surface area contributed by atoms with Crippen LogP contribution in [0.5, 0.6) is 0 Å². The Bertz CT molecular complexity index is 1100. The molecular weight excluding hydrogens is 403 g/mol. The van der Waals surface area contributed by atoms with Crippen LogP contribution in [0.4, 0.5) is 18.9 Å². The van der Waals surface area contributed by atoms with Gasteiger partial charge in [-0.05, 0) is 68.4 Å². The molecule has 7 heteroatoms. The molecule has 0 radical (unpaired) electrons. The summed E-state index contributed by atoms with van der Waals surface area (Å²) >= 11 is 0. The average molecular weight is 427 g/mol. The number of nitrogens with zero attached hydrogens (tertiary/aromatic N) is 1. The maximum atomic E-state index is 13.1. The molecule has 1 aliphatic carbocycles. The number of halogens is 3. The van der Waals surface area contributed by atoms with Crippen molar-refractivity contribution in [1.29, 1.82) is 0 Å². The first-order chi connectivity index (χ1) is 14.7. The molecule has 0 aliphatic heterocycles. The third-order valence-corrected chi connectivity index (χ3v) is 6.00. The molecule has 1 amide bonds. The van der Waals surface area contributed by atoms with Gasteiger partial charge in [-0.2, -0.15) is 13.2 Å². The van der Waals surface area contributed by atoms with E-state index >= 15 is 0 Å². The lowest BCUT2D eigenvalue weighted by atomic mass is 9.80. The van der Waals surface area contributed by atoms with Crippen molar-refractivity contribution in [2.24, 2.45) is 0 Å². The van der Waals surface area contributed by atoms with Gasteiger partial charge in [0.25, 0.3) is 5.91 Å². The molecule has 1 aromatic heterocycles. The Balaban J connectivity index is 1.48. The van der Waals surface area contributed by atoms with E-state index in [1.807, 2.05) is 37.3 Å². The summed E-state index contributed by atoms with van der Waals surface area (Å²) in [6.45, 7) is 1.97. The molecule has 4 nitrogen and oxygen atoms in total. The van der Waals surface area contributed by atoms with Crippen LogP contribution in [0.1, 0.15) is 58.8 Å². The maximum absolute atomic E-state index is 13.1. The number of rotatable bonds is 3. The number of fused-ring (bicyclic) bond motifs is 1. The number of alkyl halides is 3. The van der Waals surface area contributed by atoms with Crippen LogP contribution >= 0.6 is 0 Å². The highest BCUT2D eigenvalue weighted by Crippen LogP contribution is 2.40. The third kappa shape index (κ3) is 4.50. The molecule has 0 bridgehead atoms. The fourth-order valence-electron chi connectivity index (χ4n) is 4.35. The van der Waals surface area contributed by atoms with Crippen molar-refractivity contribution in [3.8, 4) is 0 Å². The molecular formula is C24H24F3N3O. The fourth-order valence-corrected chi connectivity index (χ4v) is 4.35. The molecule has 3 aromatic rings. The molecule has 1 saturated carbocycles. The monoisotopic (exact) mass is 427 g/mol. The summed E-state index contributed by atoms with van der Waals surface area (Å²) in [4.78, 5) is 16.3. The first-order valence-corrected chi connectivity index (χ1v) is 10.4. The number of anilines is 1. The Hall–Kier alpha value is -3.09. The molecule has 162 valence electrons. The highest BCUT2D eigenvalue weighted by Gasteiger charge is 2.34. The number of hydrogen-bond acceptors (Lipinski definition) is 3. The van der Waals surface area contributed by atoms with Gasteiger partial charge in [-0.1, -0.05) is 29.8 Å². The number of benzene rings is 2. The zero-order chi connectivity index (χ0) is 22.2.